The molecule has 0 amide bonds. The lowest BCUT2D eigenvalue weighted by Crippen LogP contribution is -2.21. The summed E-state index contributed by atoms with van der Waals surface area (Å²) < 4.78 is 94.4. The zero-order valence-corrected chi connectivity index (χ0v) is 22.0. The molecule has 37 heavy (non-hydrogen) atoms. The molecule has 15 heteroatoms. The van der Waals surface area contributed by atoms with Gasteiger partial charge in [-0.3, -0.25) is 14.2 Å². The predicted molar refractivity (Wildman–Crippen MR) is 129 cm³/mol. The van der Waals surface area contributed by atoms with E-state index in [1.165, 1.54) is 6.07 Å². The molecule has 0 spiro atoms. The van der Waals surface area contributed by atoms with Crippen LogP contribution in [0.2, 0.25) is 25.1 Å². The highest BCUT2D eigenvalue weighted by Crippen LogP contribution is 2.46. The Hall–Kier alpha value is -1.87. The van der Waals surface area contributed by atoms with Crippen LogP contribution in [0.1, 0.15) is 37.4 Å². The van der Waals surface area contributed by atoms with Gasteiger partial charge in [-0.15, -0.1) is 0 Å². The topological polar surface area (TPSA) is 51.2 Å². The Bertz CT molecular complexity index is 1410. The Balaban J connectivity index is 2.23. The monoisotopic (exact) mass is 639 g/mol. The number of benzene rings is 3. The normalized spacial score (nSPS) is 12.5. The average molecular weight is 642 g/mol. The van der Waals surface area contributed by atoms with E-state index in [1.54, 1.807) is 0 Å². The van der Waals surface area contributed by atoms with Gasteiger partial charge in [0.05, 0.1) is 52.7 Å². The summed E-state index contributed by atoms with van der Waals surface area (Å²) >= 11 is 30.0. The van der Waals surface area contributed by atoms with Gasteiger partial charge in [-0.25, -0.2) is 0 Å². The second kappa shape index (κ2) is 10.7. The molecule has 0 N–H and O–H groups in total. The summed E-state index contributed by atoms with van der Waals surface area (Å²) in [7, 11) is -3.71. The number of ketones is 1. The van der Waals surface area contributed by atoms with Crippen LogP contribution < -0.4 is 5.30 Å². The van der Waals surface area contributed by atoms with E-state index in [-0.39, 0.29) is 27.2 Å². The van der Waals surface area contributed by atoms with E-state index >= 15 is 0 Å². The Labute approximate surface area is 230 Å². The molecular weight excluding hydrogens is 634 g/mol. The summed E-state index contributed by atoms with van der Waals surface area (Å²) in [6.45, 7) is 0. The van der Waals surface area contributed by atoms with Crippen molar-refractivity contribution in [2.24, 2.45) is 0 Å². The first-order valence-corrected chi connectivity index (χ1v) is 12.6. The Morgan fingerprint density at radius 2 is 1.05 bits per heavy atom. The predicted octanol–water partition coefficient (Wildman–Crippen LogP) is 9.52. The Kier molecular flexibility index (Phi) is 8.60. The van der Waals surface area contributed by atoms with Gasteiger partial charge >= 0.3 is 12.4 Å². The third-order valence-corrected chi connectivity index (χ3v) is 8.57. The smallest absolute Gasteiger partial charge is 0.288 e. The van der Waals surface area contributed by atoms with Crippen LogP contribution in [0.25, 0.3) is 0 Å². The minimum Gasteiger partial charge on any atom is -0.288 e. The number of rotatable bonds is 5. The number of carbonyl (C=O) groups is 2. The molecule has 3 aromatic rings. The maximum atomic E-state index is 13.5. The van der Waals surface area contributed by atoms with E-state index < -0.39 is 74.6 Å². The quantitative estimate of drug-likeness (QED) is 0.0917. The van der Waals surface area contributed by atoms with Crippen LogP contribution in [0.4, 0.5) is 26.3 Å². The van der Waals surface area contributed by atoms with E-state index in [0.717, 1.165) is 18.2 Å². The van der Waals surface area contributed by atoms with Crippen molar-refractivity contribution in [3.05, 3.63) is 95.4 Å². The van der Waals surface area contributed by atoms with Gasteiger partial charge in [0.15, 0.2) is 13.6 Å². The lowest BCUT2D eigenvalue weighted by molar-refractivity contribution is -0.143. The summed E-state index contributed by atoms with van der Waals surface area (Å²) in [5, 5.41) is -2.70. The number of halogens is 11. The van der Waals surface area contributed by atoms with Crippen molar-refractivity contribution in [2.45, 2.75) is 12.4 Å². The highest BCUT2D eigenvalue weighted by molar-refractivity contribution is 7.71. The van der Waals surface area contributed by atoms with Crippen molar-refractivity contribution in [1.82, 2.24) is 0 Å². The van der Waals surface area contributed by atoms with E-state index in [4.69, 9.17) is 58.0 Å². The van der Waals surface area contributed by atoms with Gasteiger partial charge in [0.2, 0.25) is 5.52 Å². The Morgan fingerprint density at radius 3 is 1.51 bits per heavy atom. The van der Waals surface area contributed by atoms with Gasteiger partial charge in [0.25, 0.3) is 0 Å². The van der Waals surface area contributed by atoms with Crippen LogP contribution in [0.15, 0.2) is 42.5 Å². The van der Waals surface area contributed by atoms with Crippen LogP contribution in [0.5, 0.6) is 0 Å². The van der Waals surface area contributed by atoms with Gasteiger partial charge in [0, 0.05) is 5.56 Å². The SMILES string of the molecule is O=C(c1ccccc1[P](=O)C(=O)c1c(C(F)(F)F)cccc1C(F)(F)F)c1c(Cl)c(Cl)c(Cl)c(Cl)c1Cl. The van der Waals surface area contributed by atoms with E-state index in [9.17, 15) is 40.5 Å². The van der Waals surface area contributed by atoms with Crippen molar-refractivity contribution in [3.63, 3.8) is 0 Å². The fourth-order valence-corrected chi connectivity index (χ4v) is 5.84. The van der Waals surface area contributed by atoms with Gasteiger partial charge in [-0.1, -0.05) is 76.2 Å². The first-order chi connectivity index (χ1) is 17.0. The fourth-order valence-electron chi connectivity index (χ4n) is 3.25. The third kappa shape index (κ3) is 5.63. The largest absolute Gasteiger partial charge is 0.417 e. The minimum atomic E-state index is -5.39. The molecular formula is C22H7Cl5F6O3P. The van der Waals surface area contributed by atoms with Crippen molar-refractivity contribution in [3.8, 4) is 0 Å². The molecule has 0 aliphatic heterocycles. The van der Waals surface area contributed by atoms with Crippen molar-refractivity contribution < 1.29 is 40.5 Å². The molecule has 0 heterocycles. The molecule has 0 aliphatic rings. The second-order valence-corrected chi connectivity index (χ2v) is 10.5. The lowest BCUT2D eigenvalue weighted by Gasteiger charge is -2.18. The third-order valence-electron chi connectivity index (χ3n) is 4.88. The molecule has 0 saturated heterocycles. The molecule has 0 fully saturated rings. The van der Waals surface area contributed by atoms with E-state index in [0.29, 0.717) is 6.07 Å². The zero-order chi connectivity index (χ0) is 28.0. The highest BCUT2D eigenvalue weighted by atomic mass is 35.5. The first kappa shape index (κ1) is 29.7. The average Bonchev–Trinajstić information content (AvgIpc) is 2.83. The van der Waals surface area contributed by atoms with Crippen molar-refractivity contribution in [2.75, 3.05) is 0 Å². The molecule has 1 unspecified atom stereocenters. The maximum absolute atomic E-state index is 13.5. The van der Waals surface area contributed by atoms with Crippen LogP contribution in [-0.2, 0) is 16.9 Å². The molecule has 3 nitrogen and oxygen atoms in total. The lowest BCUT2D eigenvalue weighted by atomic mass is 10.0. The van der Waals surface area contributed by atoms with E-state index in [2.05, 4.69) is 0 Å². The second-order valence-electron chi connectivity index (χ2n) is 7.11. The molecule has 1 radical (unpaired) electrons. The molecule has 0 saturated carbocycles. The van der Waals surface area contributed by atoms with Crippen LogP contribution in [-0.4, -0.2) is 11.3 Å². The summed E-state index contributed by atoms with van der Waals surface area (Å²) in [5.74, 6) is -1.12. The molecule has 0 aliphatic carbocycles. The maximum Gasteiger partial charge on any atom is 0.417 e. The molecule has 1 atom stereocenters. The Morgan fingerprint density at radius 1 is 0.622 bits per heavy atom. The summed E-state index contributed by atoms with van der Waals surface area (Å²) in [4.78, 5) is 26.3. The van der Waals surface area contributed by atoms with Crippen molar-refractivity contribution in [1.29, 1.82) is 0 Å². The standard InChI is InChI=1S/C22H7Cl5F6O3P/c23-14-13(15(24)17(26)18(27)16(14)25)19(34)8-4-1-2-7-11(8)37(36)20(35)12-9(21(28,29)30)5-3-6-10(12)22(31,32)33/h1-7H. The zero-order valence-electron chi connectivity index (χ0n) is 17.4. The van der Waals surface area contributed by atoms with Crippen molar-refractivity contribution >= 4 is 82.4 Å². The number of alkyl halides is 6. The fraction of sp³-hybridized carbons (Fsp3) is 0.0909. The van der Waals surface area contributed by atoms with Gasteiger partial charge in [-0.2, -0.15) is 26.3 Å². The molecule has 3 aromatic carbocycles. The number of hydrogen-bond acceptors (Lipinski definition) is 3. The molecule has 195 valence electrons. The summed E-state index contributed by atoms with van der Waals surface area (Å²) in [6, 6.07) is 5.30. The minimum absolute atomic E-state index is 0.250. The van der Waals surface area contributed by atoms with Gasteiger partial charge < -0.3 is 0 Å². The van der Waals surface area contributed by atoms with Gasteiger partial charge in [0.1, 0.15) is 0 Å². The van der Waals surface area contributed by atoms with Gasteiger partial charge in [-0.05, 0) is 24.3 Å². The van der Waals surface area contributed by atoms with Crippen LogP contribution >= 0.6 is 65.8 Å². The number of hydrogen-bond donors (Lipinski definition) is 0. The summed E-state index contributed by atoms with van der Waals surface area (Å²) in [5.41, 5.74) is -8.84. The van der Waals surface area contributed by atoms with Crippen LogP contribution in [0.3, 0.4) is 0 Å². The summed E-state index contributed by atoms with van der Waals surface area (Å²) in [6.07, 6.45) is -10.8. The first-order valence-electron chi connectivity index (χ1n) is 9.44. The molecule has 0 aromatic heterocycles. The van der Waals surface area contributed by atoms with E-state index in [1.807, 2.05) is 0 Å². The molecule has 0 bridgehead atoms. The highest BCUT2D eigenvalue weighted by Gasteiger charge is 2.44. The molecule has 3 rings (SSSR count). The van der Waals surface area contributed by atoms with Crippen LogP contribution in [0, 0.1) is 0 Å². The number of carbonyl (C=O) groups excluding carboxylic acids is 2.